The van der Waals surface area contributed by atoms with Gasteiger partial charge >= 0.3 is 0 Å². The lowest BCUT2D eigenvalue weighted by Gasteiger charge is -2.07. The second-order valence-electron chi connectivity index (χ2n) is 4.37. The van der Waals surface area contributed by atoms with Crippen LogP contribution in [0.2, 0.25) is 0 Å². The van der Waals surface area contributed by atoms with Gasteiger partial charge in [-0.1, -0.05) is 11.8 Å². The van der Waals surface area contributed by atoms with Gasteiger partial charge in [0.05, 0.1) is 12.1 Å². The van der Waals surface area contributed by atoms with Crippen LogP contribution in [0.5, 0.6) is 0 Å². The summed E-state index contributed by atoms with van der Waals surface area (Å²) < 4.78 is 13.3. The molecule has 0 spiro atoms. The van der Waals surface area contributed by atoms with Crippen molar-refractivity contribution in [3.8, 4) is 11.8 Å². The number of aryl methyl sites for hydroxylation is 1. The van der Waals surface area contributed by atoms with Crippen molar-refractivity contribution >= 4 is 11.7 Å². The van der Waals surface area contributed by atoms with E-state index < -0.39 is 11.7 Å². The number of nitrogens with zero attached hydrogens (tertiary/aromatic N) is 1. The lowest BCUT2D eigenvalue weighted by Crippen LogP contribution is -2.14. The molecule has 0 aliphatic rings. The van der Waals surface area contributed by atoms with Gasteiger partial charge in [0.1, 0.15) is 11.6 Å². The second-order valence-corrected chi connectivity index (χ2v) is 4.37. The molecular formula is C16H14FN3O. The molecule has 1 amide bonds. The van der Waals surface area contributed by atoms with E-state index in [0.29, 0.717) is 11.4 Å². The van der Waals surface area contributed by atoms with Crippen LogP contribution in [0, 0.1) is 24.6 Å². The summed E-state index contributed by atoms with van der Waals surface area (Å²) in [4.78, 5) is 16.3. The fourth-order valence-electron chi connectivity index (χ4n) is 1.75. The number of benzene rings is 1. The number of hydrogen-bond donors (Lipinski definition) is 2. The highest BCUT2D eigenvalue weighted by Crippen LogP contribution is 2.13. The second kappa shape index (κ2) is 6.64. The first-order chi connectivity index (χ1) is 10.1. The number of nitrogens with one attached hydrogen (secondary N) is 1. The van der Waals surface area contributed by atoms with Crippen LogP contribution in [0.1, 0.15) is 21.5 Å². The van der Waals surface area contributed by atoms with Gasteiger partial charge in [-0.15, -0.1) is 0 Å². The van der Waals surface area contributed by atoms with E-state index in [2.05, 4.69) is 22.1 Å². The number of carbonyl (C=O) groups is 1. The van der Waals surface area contributed by atoms with Gasteiger partial charge in [0.2, 0.25) is 0 Å². The summed E-state index contributed by atoms with van der Waals surface area (Å²) in [7, 11) is 0. The SMILES string of the molecule is Cc1ccnc(NC(=O)c2ccc(F)cc2C#CCN)c1. The molecule has 2 aromatic rings. The summed E-state index contributed by atoms with van der Waals surface area (Å²) in [5.41, 5.74) is 6.85. The number of carbonyl (C=O) groups excluding carboxylic acids is 1. The highest BCUT2D eigenvalue weighted by molar-refractivity contribution is 6.05. The third-order valence-corrected chi connectivity index (χ3v) is 2.71. The zero-order valence-electron chi connectivity index (χ0n) is 11.5. The molecule has 106 valence electrons. The largest absolute Gasteiger partial charge is 0.320 e. The van der Waals surface area contributed by atoms with Crippen LogP contribution in [0.25, 0.3) is 0 Å². The quantitative estimate of drug-likeness (QED) is 0.829. The van der Waals surface area contributed by atoms with E-state index in [-0.39, 0.29) is 12.1 Å². The number of amides is 1. The number of aromatic nitrogens is 1. The van der Waals surface area contributed by atoms with Crippen molar-refractivity contribution in [1.29, 1.82) is 0 Å². The fraction of sp³-hybridized carbons (Fsp3) is 0.125. The Kier molecular flexibility index (Phi) is 4.64. The molecule has 1 aromatic heterocycles. The van der Waals surface area contributed by atoms with Crippen LogP contribution in [-0.4, -0.2) is 17.4 Å². The van der Waals surface area contributed by atoms with Crippen molar-refractivity contribution in [2.24, 2.45) is 5.73 Å². The monoisotopic (exact) mass is 283 g/mol. The molecule has 0 radical (unpaired) electrons. The van der Waals surface area contributed by atoms with E-state index in [1.165, 1.54) is 18.2 Å². The van der Waals surface area contributed by atoms with Crippen molar-refractivity contribution < 1.29 is 9.18 Å². The maximum atomic E-state index is 13.3. The Bertz CT molecular complexity index is 732. The molecule has 0 aliphatic carbocycles. The van der Waals surface area contributed by atoms with Crippen molar-refractivity contribution in [2.75, 3.05) is 11.9 Å². The summed E-state index contributed by atoms with van der Waals surface area (Å²) in [6, 6.07) is 7.38. The Hall–Kier alpha value is -2.71. The van der Waals surface area contributed by atoms with Crippen LogP contribution in [-0.2, 0) is 0 Å². The van der Waals surface area contributed by atoms with Gasteiger partial charge in [0, 0.05) is 11.8 Å². The molecular weight excluding hydrogens is 269 g/mol. The van der Waals surface area contributed by atoms with Gasteiger partial charge in [-0.25, -0.2) is 9.37 Å². The van der Waals surface area contributed by atoms with Gasteiger partial charge in [-0.2, -0.15) is 0 Å². The maximum Gasteiger partial charge on any atom is 0.258 e. The van der Waals surface area contributed by atoms with Gasteiger partial charge in [0.15, 0.2) is 0 Å². The molecule has 3 N–H and O–H groups in total. The number of pyridine rings is 1. The van der Waals surface area contributed by atoms with Crippen LogP contribution in [0.15, 0.2) is 36.5 Å². The number of rotatable bonds is 2. The highest BCUT2D eigenvalue weighted by Gasteiger charge is 2.12. The third kappa shape index (κ3) is 3.88. The van der Waals surface area contributed by atoms with E-state index in [9.17, 15) is 9.18 Å². The van der Waals surface area contributed by atoms with E-state index >= 15 is 0 Å². The molecule has 0 atom stereocenters. The van der Waals surface area contributed by atoms with Gasteiger partial charge < -0.3 is 11.1 Å². The lowest BCUT2D eigenvalue weighted by molar-refractivity contribution is 0.102. The van der Waals surface area contributed by atoms with Crippen LogP contribution in [0.4, 0.5) is 10.2 Å². The standard InChI is InChI=1S/C16H14FN3O/c1-11-6-8-19-15(9-11)20-16(21)14-5-4-13(17)10-12(14)3-2-7-18/h4-6,8-10H,7,18H2,1H3,(H,19,20,21). The molecule has 0 fully saturated rings. The molecule has 0 saturated carbocycles. The first kappa shape index (κ1) is 14.7. The third-order valence-electron chi connectivity index (χ3n) is 2.71. The molecule has 5 heteroatoms. The normalized spacial score (nSPS) is 9.67. The molecule has 1 aromatic carbocycles. The fourth-order valence-corrected chi connectivity index (χ4v) is 1.75. The minimum absolute atomic E-state index is 0.136. The average Bonchev–Trinajstić information content (AvgIpc) is 2.45. The molecule has 0 aliphatic heterocycles. The van der Waals surface area contributed by atoms with Crippen LogP contribution < -0.4 is 11.1 Å². The van der Waals surface area contributed by atoms with Crippen LogP contribution >= 0.6 is 0 Å². The van der Waals surface area contributed by atoms with Gasteiger partial charge in [0.25, 0.3) is 5.91 Å². The Morgan fingerprint density at radius 1 is 1.38 bits per heavy atom. The number of hydrogen-bond acceptors (Lipinski definition) is 3. The summed E-state index contributed by atoms with van der Waals surface area (Å²) in [5.74, 6) is 4.89. The van der Waals surface area contributed by atoms with Crippen molar-refractivity contribution in [3.05, 3.63) is 59.0 Å². The van der Waals surface area contributed by atoms with Crippen LogP contribution in [0.3, 0.4) is 0 Å². The van der Waals surface area contributed by atoms with E-state index in [1.807, 2.05) is 13.0 Å². The number of anilines is 1. The maximum absolute atomic E-state index is 13.3. The first-order valence-electron chi connectivity index (χ1n) is 6.32. The minimum atomic E-state index is -0.457. The van der Waals surface area contributed by atoms with Crippen molar-refractivity contribution in [2.45, 2.75) is 6.92 Å². The summed E-state index contributed by atoms with van der Waals surface area (Å²) in [5, 5.41) is 2.66. The first-order valence-corrected chi connectivity index (χ1v) is 6.32. The lowest BCUT2D eigenvalue weighted by atomic mass is 10.1. The Morgan fingerprint density at radius 2 is 2.19 bits per heavy atom. The molecule has 4 nitrogen and oxygen atoms in total. The molecule has 1 heterocycles. The Labute approximate surface area is 122 Å². The Balaban J connectivity index is 2.30. The highest BCUT2D eigenvalue weighted by atomic mass is 19.1. The Morgan fingerprint density at radius 3 is 2.90 bits per heavy atom. The summed E-state index contributed by atoms with van der Waals surface area (Å²) in [6.45, 7) is 2.03. The molecule has 0 saturated heterocycles. The predicted molar refractivity (Wildman–Crippen MR) is 79.3 cm³/mol. The average molecular weight is 283 g/mol. The van der Waals surface area contributed by atoms with E-state index in [4.69, 9.17) is 5.73 Å². The van der Waals surface area contributed by atoms with Crippen molar-refractivity contribution in [1.82, 2.24) is 4.98 Å². The topological polar surface area (TPSA) is 68.0 Å². The van der Waals surface area contributed by atoms with Gasteiger partial charge in [-0.3, -0.25) is 4.79 Å². The summed E-state index contributed by atoms with van der Waals surface area (Å²) in [6.07, 6.45) is 1.60. The van der Waals surface area contributed by atoms with Crippen molar-refractivity contribution in [3.63, 3.8) is 0 Å². The summed E-state index contributed by atoms with van der Waals surface area (Å²) >= 11 is 0. The molecule has 0 unspecified atom stereocenters. The molecule has 21 heavy (non-hydrogen) atoms. The molecule has 2 rings (SSSR count). The number of halogens is 1. The van der Waals surface area contributed by atoms with E-state index in [1.54, 1.807) is 12.3 Å². The smallest absolute Gasteiger partial charge is 0.258 e. The molecule has 0 bridgehead atoms. The zero-order valence-corrected chi connectivity index (χ0v) is 11.5. The minimum Gasteiger partial charge on any atom is -0.320 e. The number of nitrogens with two attached hydrogens (primary N) is 1. The van der Waals surface area contributed by atoms with E-state index in [0.717, 1.165) is 5.56 Å². The zero-order chi connectivity index (χ0) is 15.2. The predicted octanol–water partition coefficient (Wildman–Crippen LogP) is 2.09. The van der Waals surface area contributed by atoms with Gasteiger partial charge in [-0.05, 0) is 42.8 Å².